The average molecular weight is 271 g/mol. The Bertz CT molecular complexity index is 511. The molecule has 0 fully saturated rings. The summed E-state index contributed by atoms with van der Waals surface area (Å²) in [5, 5.41) is 11.8. The second-order valence-electron chi connectivity index (χ2n) is 3.65. The molecule has 1 heterocycles. The van der Waals surface area contributed by atoms with Gasteiger partial charge in [-0.2, -0.15) is 8.78 Å². The summed E-state index contributed by atoms with van der Waals surface area (Å²) in [6, 6.07) is 6.23. The maximum absolute atomic E-state index is 12.0. The summed E-state index contributed by atoms with van der Waals surface area (Å²) in [5.74, 6) is 0.111. The van der Waals surface area contributed by atoms with Gasteiger partial charge in [-0.1, -0.05) is 0 Å². The number of rotatable bonds is 4. The highest BCUT2D eigenvalue weighted by atomic mass is 32.1. The number of aromatic nitrogens is 1. The first kappa shape index (κ1) is 12.9. The minimum atomic E-state index is -2.82. The number of halogens is 2. The minimum absolute atomic E-state index is 0.111. The first-order valence-electron chi connectivity index (χ1n) is 5.25. The van der Waals surface area contributed by atoms with Gasteiger partial charge in [0.2, 0.25) is 0 Å². The maximum Gasteiger partial charge on any atom is 0.387 e. The summed E-state index contributed by atoms with van der Waals surface area (Å²) >= 11 is 1.35. The lowest BCUT2D eigenvalue weighted by Crippen LogP contribution is -2.01. The van der Waals surface area contributed by atoms with Crippen LogP contribution < -0.4 is 4.74 Å². The van der Waals surface area contributed by atoms with Gasteiger partial charge in [-0.15, -0.1) is 11.3 Å². The number of benzene rings is 1. The molecule has 2 rings (SSSR count). The predicted octanol–water partition coefficient (Wildman–Crippen LogP) is 3.46. The van der Waals surface area contributed by atoms with Crippen molar-refractivity contribution in [3.05, 3.63) is 34.7 Å². The van der Waals surface area contributed by atoms with E-state index >= 15 is 0 Å². The number of aliphatic hydroxyl groups excluding tert-OH is 1. The molecule has 0 aliphatic rings. The van der Waals surface area contributed by atoms with Gasteiger partial charge in [0.25, 0.3) is 0 Å². The Balaban J connectivity index is 2.17. The Morgan fingerprint density at radius 1 is 1.28 bits per heavy atom. The first-order chi connectivity index (χ1) is 8.56. The van der Waals surface area contributed by atoms with E-state index in [2.05, 4.69) is 9.72 Å². The van der Waals surface area contributed by atoms with Gasteiger partial charge in [0.1, 0.15) is 16.9 Å². The maximum atomic E-state index is 12.0. The minimum Gasteiger partial charge on any atom is -0.435 e. The third-order valence-corrected chi connectivity index (χ3v) is 3.27. The molecular weight excluding hydrogens is 260 g/mol. The molecule has 0 aliphatic carbocycles. The van der Waals surface area contributed by atoms with Gasteiger partial charge in [0.15, 0.2) is 0 Å². The van der Waals surface area contributed by atoms with Crippen molar-refractivity contribution < 1.29 is 18.6 Å². The molecule has 1 unspecified atom stereocenters. The molecule has 1 aromatic carbocycles. The lowest BCUT2D eigenvalue weighted by atomic mass is 10.2. The van der Waals surface area contributed by atoms with Crippen LogP contribution in [0.5, 0.6) is 5.75 Å². The van der Waals surface area contributed by atoms with Crippen molar-refractivity contribution >= 4 is 11.3 Å². The summed E-state index contributed by atoms with van der Waals surface area (Å²) in [5.41, 5.74) is 1.50. The van der Waals surface area contributed by atoms with Crippen LogP contribution in [-0.4, -0.2) is 16.7 Å². The Morgan fingerprint density at radius 3 is 2.44 bits per heavy atom. The number of ether oxygens (including phenoxy) is 1. The SMILES string of the molecule is CC(O)c1nc(-c2ccc(OC(F)F)cc2)cs1. The van der Waals surface area contributed by atoms with Crippen molar-refractivity contribution in [2.45, 2.75) is 19.6 Å². The molecule has 18 heavy (non-hydrogen) atoms. The monoisotopic (exact) mass is 271 g/mol. The summed E-state index contributed by atoms with van der Waals surface area (Å²) in [6.45, 7) is -1.18. The van der Waals surface area contributed by atoms with Gasteiger partial charge < -0.3 is 9.84 Å². The Labute approximate surface area is 107 Å². The Kier molecular flexibility index (Phi) is 3.88. The predicted molar refractivity (Wildman–Crippen MR) is 64.8 cm³/mol. The molecule has 1 aromatic heterocycles. The zero-order valence-corrected chi connectivity index (χ0v) is 10.3. The largest absolute Gasteiger partial charge is 0.435 e. The van der Waals surface area contributed by atoms with Crippen molar-refractivity contribution in [2.75, 3.05) is 0 Å². The molecule has 0 bridgehead atoms. The van der Waals surface area contributed by atoms with Crippen molar-refractivity contribution in [3.63, 3.8) is 0 Å². The zero-order valence-electron chi connectivity index (χ0n) is 9.51. The molecule has 3 nitrogen and oxygen atoms in total. The first-order valence-corrected chi connectivity index (χ1v) is 6.13. The van der Waals surface area contributed by atoms with Gasteiger partial charge in [0, 0.05) is 10.9 Å². The number of nitrogens with zero attached hydrogens (tertiary/aromatic N) is 1. The molecule has 1 N–H and O–H groups in total. The highest BCUT2D eigenvalue weighted by molar-refractivity contribution is 7.10. The molecule has 2 aromatic rings. The Hall–Kier alpha value is -1.53. The summed E-state index contributed by atoms with van der Waals surface area (Å²) < 4.78 is 28.2. The van der Waals surface area contributed by atoms with Gasteiger partial charge in [-0.3, -0.25) is 0 Å². The molecule has 6 heteroatoms. The van der Waals surface area contributed by atoms with Crippen LogP contribution in [0.15, 0.2) is 29.6 Å². The summed E-state index contributed by atoms with van der Waals surface area (Å²) in [7, 11) is 0. The molecule has 0 aliphatic heterocycles. The number of thiazole rings is 1. The van der Waals surface area contributed by atoms with E-state index in [4.69, 9.17) is 0 Å². The number of hydrogen-bond donors (Lipinski definition) is 1. The van der Waals surface area contributed by atoms with Crippen molar-refractivity contribution in [3.8, 4) is 17.0 Å². The van der Waals surface area contributed by atoms with Gasteiger partial charge in [-0.05, 0) is 31.2 Å². The second-order valence-corrected chi connectivity index (χ2v) is 4.54. The highest BCUT2D eigenvalue weighted by Gasteiger charge is 2.09. The van der Waals surface area contributed by atoms with E-state index in [1.54, 1.807) is 19.1 Å². The van der Waals surface area contributed by atoms with Crippen LogP contribution in [0.1, 0.15) is 18.0 Å². The van der Waals surface area contributed by atoms with Crippen LogP contribution >= 0.6 is 11.3 Å². The smallest absolute Gasteiger partial charge is 0.387 e. The molecule has 0 amide bonds. The van der Waals surface area contributed by atoms with Crippen molar-refractivity contribution in [1.82, 2.24) is 4.98 Å². The van der Waals surface area contributed by atoms with Crippen molar-refractivity contribution in [1.29, 1.82) is 0 Å². The second kappa shape index (κ2) is 5.41. The number of alkyl halides is 2. The lowest BCUT2D eigenvalue weighted by molar-refractivity contribution is -0.0498. The molecule has 96 valence electrons. The van der Waals surface area contributed by atoms with Crippen LogP contribution in [0.4, 0.5) is 8.78 Å². The standard InChI is InChI=1S/C12H11F2NO2S/c1-7(16)11-15-10(6-18-11)8-2-4-9(5-3-8)17-12(13)14/h2-7,12,16H,1H3. The van der Waals surface area contributed by atoms with Gasteiger partial charge in [0.05, 0.1) is 5.69 Å². The van der Waals surface area contributed by atoms with E-state index in [1.807, 2.05) is 5.38 Å². The zero-order chi connectivity index (χ0) is 13.1. The molecule has 0 spiro atoms. The quantitative estimate of drug-likeness (QED) is 0.926. The topological polar surface area (TPSA) is 42.4 Å². The third-order valence-electron chi connectivity index (χ3n) is 2.25. The lowest BCUT2D eigenvalue weighted by Gasteiger charge is -2.04. The third kappa shape index (κ3) is 3.02. The molecule has 0 saturated carbocycles. The fraction of sp³-hybridized carbons (Fsp3) is 0.250. The molecule has 1 atom stereocenters. The van der Waals surface area contributed by atoms with Crippen molar-refractivity contribution in [2.24, 2.45) is 0 Å². The van der Waals surface area contributed by atoms with E-state index in [0.29, 0.717) is 10.7 Å². The molecular formula is C12H11F2NO2S. The Morgan fingerprint density at radius 2 is 1.94 bits per heavy atom. The van der Waals surface area contributed by atoms with Crippen LogP contribution in [-0.2, 0) is 0 Å². The van der Waals surface area contributed by atoms with E-state index < -0.39 is 12.7 Å². The van der Waals surface area contributed by atoms with E-state index in [1.165, 1.54) is 23.5 Å². The number of hydrogen-bond acceptors (Lipinski definition) is 4. The van der Waals surface area contributed by atoms with Gasteiger partial charge >= 0.3 is 6.61 Å². The van der Waals surface area contributed by atoms with Gasteiger partial charge in [-0.25, -0.2) is 4.98 Å². The van der Waals surface area contributed by atoms with Crippen LogP contribution in [0.25, 0.3) is 11.3 Å². The average Bonchev–Trinajstić information content (AvgIpc) is 2.78. The van der Waals surface area contributed by atoms with Crippen LogP contribution in [0, 0.1) is 0 Å². The molecule has 0 radical (unpaired) electrons. The van der Waals surface area contributed by atoms with Crippen LogP contribution in [0.2, 0.25) is 0 Å². The summed E-state index contributed by atoms with van der Waals surface area (Å²) in [6.07, 6.45) is -0.606. The normalized spacial score (nSPS) is 12.7. The van der Waals surface area contributed by atoms with E-state index in [9.17, 15) is 13.9 Å². The fourth-order valence-corrected chi connectivity index (χ4v) is 2.19. The summed E-state index contributed by atoms with van der Waals surface area (Å²) in [4.78, 5) is 4.25. The van der Waals surface area contributed by atoms with E-state index in [-0.39, 0.29) is 5.75 Å². The highest BCUT2D eigenvalue weighted by Crippen LogP contribution is 2.27. The van der Waals surface area contributed by atoms with Crippen LogP contribution in [0.3, 0.4) is 0 Å². The van der Waals surface area contributed by atoms with E-state index in [0.717, 1.165) is 5.56 Å². The molecule has 0 saturated heterocycles. The fourth-order valence-electron chi connectivity index (χ4n) is 1.42. The number of aliphatic hydroxyl groups is 1.